The van der Waals surface area contributed by atoms with E-state index in [1.54, 1.807) is 0 Å². The Balaban J connectivity index is 4.01. The van der Waals surface area contributed by atoms with Crippen LogP contribution in [0.3, 0.4) is 0 Å². The van der Waals surface area contributed by atoms with Crippen LogP contribution in [0, 0.1) is 0 Å². The zero-order chi connectivity index (χ0) is 20.2. The maximum absolute atomic E-state index is 11.9. The molecule has 1 unspecified atom stereocenters. The van der Waals surface area contributed by atoms with Gasteiger partial charge in [-0.05, 0) is 13.3 Å². The van der Waals surface area contributed by atoms with Crippen molar-refractivity contribution in [1.29, 1.82) is 0 Å². The van der Waals surface area contributed by atoms with E-state index in [1.807, 2.05) is 0 Å². The van der Waals surface area contributed by atoms with Gasteiger partial charge in [-0.2, -0.15) is 0 Å². The summed E-state index contributed by atoms with van der Waals surface area (Å²) in [5, 5.41) is 0. The molecule has 0 saturated carbocycles. The first-order valence-electron chi connectivity index (χ1n) is 9.38. The summed E-state index contributed by atoms with van der Waals surface area (Å²) in [4.78, 5) is 11.9. The fraction of sp³-hybridized carbons (Fsp3) is 0.941. The number of ether oxygens (including phenoxy) is 1. The third-order valence-corrected chi connectivity index (χ3v) is 7.62. The molecule has 0 aromatic carbocycles. The predicted molar refractivity (Wildman–Crippen MR) is 104 cm³/mol. The number of carbonyl (C=O) groups excluding carboxylic acids is 1. The van der Waals surface area contributed by atoms with Gasteiger partial charge in [-0.25, -0.2) is 16.8 Å². The number of hydrogen-bond donors (Lipinski definition) is 0. The molecule has 1 atom stereocenters. The molecule has 0 bridgehead atoms. The van der Waals surface area contributed by atoms with Gasteiger partial charge in [0.15, 0.2) is 0 Å². The van der Waals surface area contributed by atoms with Crippen LogP contribution in [0.4, 0.5) is 0 Å². The van der Waals surface area contributed by atoms with E-state index in [0.717, 1.165) is 31.8 Å². The molecule has 9 heteroatoms. The van der Waals surface area contributed by atoms with Crippen molar-refractivity contribution in [2.75, 3.05) is 19.1 Å². The summed E-state index contributed by atoms with van der Waals surface area (Å²) in [6.45, 7) is 3.58. The average molecular weight is 414 g/mol. The fourth-order valence-electron chi connectivity index (χ4n) is 2.79. The number of unbranched alkanes of at least 4 members (excludes halogenated alkanes) is 9. The van der Waals surface area contributed by atoms with Crippen LogP contribution in [0.5, 0.6) is 0 Å². The summed E-state index contributed by atoms with van der Waals surface area (Å²) >= 11 is 0. The highest BCUT2D eigenvalue weighted by atomic mass is 32.3. The standard InChI is InChI=1S/C17H35NO6S2/c1-5-6-7-8-9-10-11-12-13-14-15-24-17(19)16(2)18(25(3,20)21)26(4,22)23/h16H,5-15H2,1-4H3. The van der Waals surface area contributed by atoms with E-state index in [1.165, 1.54) is 45.4 Å². The molecule has 0 aliphatic heterocycles. The lowest BCUT2D eigenvalue weighted by Gasteiger charge is -2.23. The summed E-state index contributed by atoms with van der Waals surface area (Å²) in [5.41, 5.74) is 0. The normalized spacial score (nSPS) is 13.7. The van der Waals surface area contributed by atoms with Crippen molar-refractivity contribution in [2.24, 2.45) is 0 Å². The fourth-order valence-corrected chi connectivity index (χ4v) is 6.08. The zero-order valence-corrected chi connectivity index (χ0v) is 18.2. The molecule has 0 aromatic heterocycles. The predicted octanol–water partition coefficient (Wildman–Crippen LogP) is 3.06. The molecule has 0 radical (unpaired) electrons. The van der Waals surface area contributed by atoms with Gasteiger partial charge in [0.2, 0.25) is 20.0 Å². The summed E-state index contributed by atoms with van der Waals surface area (Å²) in [6, 6.07) is -1.40. The molecule has 26 heavy (non-hydrogen) atoms. The van der Waals surface area contributed by atoms with Crippen molar-refractivity contribution in [3.8, 4) is 0 Å². The summed E-state index contributed by atoms with van der Waals surface area (Å²) in [6.07, 6.45) is 13.0. The number of sulfonamides is 2. The first-order valence-corrected chi connectivity index (χ1v) is 13.1. The van der Waals surface area contributed by atoms with Crippen LogP contribution in [0.25, 0.3) is 0 Å². The monoisotopic (exact) mass is 413 g/mol. The molecule has 156 valence electrons. The molecule has 0 amide bonds. The quantitative estimate of drug-likeness (QED) is 0.302. The molecule has 7 nitrogen and oxygen atoms in total. The van der Waals surface area contributed by atoms with E-state index in [4.69, 9.17) is 4.74 Å². The SMILES string of the molecule is CCCCCCCCCCCCOC(=O)C(C)N(S(C)(=O)=O)S(C)(=O)=O. The van der Waals surface area contributed by atoms with E-state index >= 15 is 0 Å². The first-order chi connectivity index (χ1) is 12.0. The Morgan fingerprint density at radius 2 is 1.19 bits per heavy atom. The summed E-state index contributed by atoms with van der Waals surface area (Å²) < 4.78 is 51.7. The Morgan fingerprint density at radius 1 is 0.808 bits per heavy atom. The highest BCUT2D eigenvalue weighted by Gasteiger charge is 2.37. The van der Waals surface area contributed by atoms with Crippen molar-refractivity contribution in [1.82, 2.24) is 3.71 Å². The van der Waals surface area contributed by atoms with Gasteiger partial charge in [0, 0.05) is 0 Å². The highest BCUT2D eigenvalue weighted by molar-refractivity contribution is 8.03. The Morgan fingerprint density at radius 3 is 1.58 bits per heavy atom. The molecular weight excluding hydrogens is 378 g/mol. The van der Waals surface area contributed by atoms with E-state index in [-0.39, 0.29) is 10.3 Å². The largest absolute Gasteiger partial charge is 0.464 e. The molecule has 0 spiro atoms. The van der Waals surface area contributed by atoms with Gasteiger partial charge in [-0.3, -0.25) is 4.79 Å². The number of hydrogen-bond acceptors (Lipinski definition) is 6. The molecule has 0 saturated heterocycles. The van der Waals surface area contributed by atoms with Crippen LogP contribution >= 0.6 is 0 Å². The first kappa shape index (κ1) is 25.3. The van der Waals surface area contributed by atoms with Crippen LogP contribution in [0.15, 0.2) is 0 Å². The maximum Gasteiger partial charge on any atom is 0.325 e. The number of carbonyl (C=O) groups is 1. The second-order valence-electron chi connectivity index (χ2n) is 6.78. The van der Waals surface area contributed by atoms with Crippen molar-refractivity contribution in [3.63, 3.8) is 0 Å². The lowest BCUT2D eigenvalue weighted by atomic mass is 10.1. The highest BCUT2D eigenvalue weighted by Crippen LogP contribution is 2.14. The van der Waals surface area contributed by atoms with Gasteiger partial charge < -0.3 is 4.74 Å². The van der Waals surface area contributed by atoms with Crippen LogP contribution in [0.1, 0.15) is 78.1 Å². The van der Waals surface area contributed by atoms with Crippen molar-refractivity contribution in [2.45, 2.75) is 84.1 Å². The van der Waals surface area contributed by atoms with Crippen LogP contribution in [0.2, 0.25) is 0 Å². The van der Waals surface area contributed by atoms with E-state index in [9.17, 15) is 21.6 Å². The molecular formula is C17H35NO6S2. The summed E-state index contributed by atoms with van der Waals surface area (Å²) in [7, 11) is -8.15. The summed E-state index contributed by atoms with van der Waals surface area (Å²) in [5.74, 6) is -0.850. The molecule has 0 aromatic rings. The van der Waals surface area contributed by atoms with Gasteiger partial charge in [0.05, 0.1) is 19.1 Å². The Kier molecular flexibility index (Phi) is 12.3. The van der Waals surface area contributed by atoms with Crippen LogP contribution in [-0.2, 0) is 29.6 Å². The Bertz CT molecular complexity index is 569. The lowest BCUT2D eigenvalue weighted by Crippen LogP contribution is -2.46. The third-order valence-electron chi connectivity index (χ3n) is 4.05. The van der Waals surface area contributed by atoms with Gasteiger partial charge in [0.1, 0.15) is 6.04 Å². The van der Waals surface area contributed by atoms with E-state index in [0.29, 0.717) is 6.42 Å². The van der Waals surface area contributed by atoms with Crippen molar-refractivity contribution >= 4 is 26.0 Å². The molecule has 0 N–H and O–H groups in total. The molecule has 0 fully saturated rings. The smallest absolute Gasteiger partial charge is 0.325 e. The van der Waals surface area contributed by atoms with Crippen LogP contribution < -0.4 is 0 Å². The van der Waals surface area contributed by atoms with Crippen molar-refractivity contribution < 1.29 is 26.4 Å². The molecule has 0 heterocycles. The topological polar surface area (TPSA) is 97.8 Å². The number of rotatable bonds is 15. The molecule has 0 aliphatic rings. The van der Waals surface area contributed by atoms with Gasteiger partial charge in [-0.15, -0.1) is 0 Å². The third kappa shape index (κ3) is 11.1. The van der Waals surface area contributed by atoms with E-state index < -0.39 is 32.1 Å². The minimum atomic E-state index is -4.08. The second kappa shape index (κ2) is 12.7. The van der Waals surface area contributed by atoms with Crippen molar-refractivity contribution in [3.05, 3.63) is 0 Å². The van der Waals surface area contributed by atoms with Gasteiger partial charge in [-0.1, -0.05) is 68.4 Å². The minimum absolute atomic E-state index is 0.168. The minimum Gasteiger partial charge on any atom is -0.464 e. The Labute approximate surface area is 159 Å². The second-order valence-corrected chi connectivity index (χ2v) is 10.7. The number of esters is 1. The van der Waals surface area contributed by atoms with E-state index in [2.05, 4.69) is 6.92 Å². The zero-order valence-electron chi connectivity index (χ0n) is 16.6. The Hall–Kier alpha value is -0.670. The average Bonchev–Trinajstić information content (AvgIpc) is 2.49. The molecule has 0 aliphatic carbocycles. The van der Waals surface area contributed by atoms with Crippen LogP contribution in [-0.4, -0.2) is 51.7 Å². The number of nitrogens with zero attached hydrogens (tertiary/aromatic N) is 1. The maximum atomic E-state index is 11.9. The lowest BCUT2D eigenvalue weighted by molar-refractivity contribution is -0.146. The molecule has 0 rings (SSSR count). The van der Waals surface area contributed by atoms with Gasteiger partial charge in [0.25, 0.3) is 0 Å². The van der Waals surface area contributed by atoms with Gasteiger partial charge >= 0.3 is 5.97 Å².